The van der Waals surface area contributed by atoms with E-state index in [4.69, 9.17) is 4.74 Å². The van der Waals surface area contributed by atoms with E-state index < -0.39 is 0 Å². The lowest BCUT2D eigenvalue weighted by atomic mass is 9.90. The predicted molar refractivity (Wildman–Crippen MR) is 82.9 cm³/mol. The number of ether oxygens (including phenoxy) is 1. The fraction of sp³-hybridized carbons (Fsp3) is 0.100. The maximum Gasteiger partial charge on any atom is 0.151 e. The zero-order chi connectivity index (χ0) is 13.9. The average Bonchev–Trinajstić information content (AvgIpc) is 3.25. The van der Waals surface area contributed by atoms with Gasteiger partial charge >= 0.3 is 0 Å². The third-order valence-electron chi connectivity index (χ3n) is 4.66. The Bertz CT molecular complexity index is 790. The molecule has 0 N–H and O–H groups in total. The molecule has 0 radical (unpaired) electrons. The fourth-order valence-corrected chi connectivity index (χ4v) is 3.72. The van der Waals surface area contributed by atoms with Gasteiger partial charge in [0.25, 0.3) is 0 Å². The van der Waals surface area contributed by atoms with E-state index in [1.54, 1.807) is 0 Å². The quantitative estimate of drug-likeness (QED) is 0.585. The first-order chi connectivity index (χ1) is 10.4. The van der Waals surface area contributed by atoms with Gasteiger partial charge in [0.05, 0.1) is 0 Å². The molecule has 1 aliphatic heterocycles. The molecule has 2 aliphatic rings. The molecular formula is C20H14O. The number of rotatable bonds is 1. The van der Waals surface area contributed by atoms with E-state index in [2.05, 4.69) is 78.9 Å². The Labute approximate surface area is 123 Å². The minimum absolute atomic E-state index is 0.128. The predicted octanol–water partition coefficient (Wildman–Crippen LogP) is 4.68. The van der Waals surface area contributed by atoms with Crippen LogP contribution in [0.4, 0.5) is 0 Å². The van der Waals surface area contributed by atoms with Gasteiger partial charge in [-0.3, -0.25) is 0 Å². The second kappa shape index (κ2) is 3.84. The lowest BCUT2D eigenvalue weighted by Gasteiger charge is -2.08. The van der Waals surface area contributed by atoms with Crippen molar-refractivity contribution in [3.63, 3.8) is 0 Å². The van der Waals surface area contributed by atoms with Crippen LogP contribution in [0.1, 0.15) is 22.8 Å². The van der Waals surface area contributed by atoms with Gasteiger partial charge in [-0.1, -0.05) is 78.9 Å². The normalized spacial score (nSPS) is 20.1. The molecule has 100 valence electrons. The lowest BCUT2D eigenvalue weighted by Crippen LogP contribution is -2.07. The summed E-state index contributed by atoms with van der Waals surface area (Å²) in [5, 5.41) is 0. The van der Waals surface area contributed by atoms with Gasteiger partial charge < -0.3 is 4.74 Å². The van der Waals surface area contributed by atoms with E-state index in [1.807, 2.05) is 0 Å². The molecule has 1 spiro atoms. The molecule has 3 aromatic carbocycles. The van der Waals surface area contributed by atoms with E-state index in [1.165, 1.54) is 27.8 Å². The monoisotopic (exact) mass is 270 g/mol. The largest absolute Gasteiger partial charge is 0.351 e. The van der Waals surface area contributed by atoms with Crippen molar-refractivity contribution in [1.82, 2.24) is 0 Å². The second-order valence-electron chi connectivity index (χ2n) is 5.74. The summed E-state index contributed by atoms with van der Waals surface area (Å²) in [6, 6.07) is 27.8. The molecule has 0 saturated carbocycles. The molecular weight excluding hydrogens is 256 g/mol. The Kier molecular flexibility index (Phi) is 2.06. The zero-order valence-corrected chi connectivity index (χ0v) is 11.5. The molecule has 1 nitrogen and oxygen atoms in total. The van der Waals surface area contributed by atoms with Crippen LogP contribution in [-0.4, -0.2) is 0 Å². The summed E-state index contributed by atoms with van der Waals surface area (Å²) in [5.74, 6) is 0. The second-order valence-corrected chi connectivity index (χ2v) is 5.74. The maximum absolute atomic E-state index is 6.30. The van der Waals surface area contributed by atoms with Crippen LogP contribution in [-0.2, 0) is 10.3 Å². The number of hydrogen-bond donors (Lipinski definition) is 0. The van der Waals surface area contributed by atoms with Crippen LogP contribution in [0.2, 0.25) is 0 Å². The van der Waals surface area contributed by atoms with Crippen LogP contribution in [0.5, 0.6) is 0 Å². The topological polar surface area (TPSA) is 12.5 Å². The molecule has 1 atom stereocenters. The Hall–Kier alpha value is -2.38. The molecule has 5 rings (SSSR count). The Balaban J connectivity index is 1.75. The molecule has 1 fully saturated rings. The van der Waals surface area contributed by atoms with E-state index in [0.29, 0.717) is 0 Å². The first kappa shape index (κ1) is 11.3. The molecule has 1 aliphatic carbocycles. The van der Waals surface area contributed by atoms with Crippen molar-refractivity contribution in [3.05, 3.63) is 95.6 Å². The first-order valence-corrected chi connectivity index (χ1v) is 7.33. The molecule has 1 heteroatoms. The van der Waals surface area contributed by atoms with Gasteiger partial charge in [0, 0.05) is 0 Å². The smallest absolute Gasteiger partial charge is 0.151 e. The van der Waals surface area contributed by atoms with E-state index in [-0.39, 0.29) is 11.7 Å². The number of fused-ring (bicyclic) bond motifs is 5. The Morgan fingerprint density at radius 1 is 0.619 bits per heavy atom. The summed E-state index contributed by atoms with van der Waals surface area (Å²) in [7, 11) is 0. The van der Waals surface area contributed by atoms with Crippen molar-refractivity contribution < 1.29 is 4.74 Å². The SMILES string of the molecule is c1ccc(C2OC23c2ccccc2-c2ccccc23)cc1. The van der Waals surface area contributed by atoms with Crippen LogP contribution in [0.3, 0.4) is 0 Å². The van der Waals surface area contributed by atoms with Crippen molar-refractivity contribution in [2.24, 2.45) is 0 Å². The molecule has 3 aromatic rings. The highest BCUT2D eigenvalue weighted by Gasteiger charge is 2.63. The summed E-state index contributed by atoms with van der Waals surface area (Å²) < 4.78 is 6.30. The standard InChI is InChI=1S/C20H14O/c1-2-8-14(9-3-1)19-20(21-19)17-12-6-4-10-15(17)16-11-5-7-13-18(16)20/h1-13,19H. The third kappa shape index (κ3) is 1.34. The molecule has 1 heterocycles. The van der Waals surface area contributed by atoms with E-state index in [9.17, 15) is 0 Å². The fourth-order valence-electron chi connectivity index (χ4n) is 3.72. The molecule has 21 heavy (non-hydrogen) atoms. The van der Waals surface area contributed by atoms with Crippen LogP contribution in [0.15, 0.2) is 78.9 Å². The zero-order valence-electron chi connectivity index (χ0n) is 11.5. The van der Waals surface area contributed by atoms with E-state index in [0.717, 1.165) is 0 Å². The summed E-state index contributed by atoms with van der Waals surface area (Å²) in [6.45, 7) is 0. The van der Waals surface area contributed by atoms with Crippen molar-refractivity contribution in [3.8, 4) is 11.1 Å². The Morgan fingerprint density at radius 2 is 1.14 bits per heavy atom. The minimum Gasteiger partial charge on any atom is -0.351 e. The van der Waals surface area contributed by atoms with Gasteiger partial charge in [-0.2, -0.15) is 0 Å². The van der Waals surface area contributed by atoms with Crippen LogP contribution >= 0.6 is 0 Å². The molecule has 1 saturated heterocycles. The summed E-state index contributed by atoms with van der Waals surface area (Å²) in [6.07, 6.45) is 0.128. The van der Waals surface area contributed by atoms with Crippen molar-refractivity contribution in [1.29, 1.82) is 0 Å². The van der Waals surface area contributed by atoms with Crippen LogP contribution < -0.4 is 0 Å². The van der Waals surface area contributed by atoms with Crippen molar-refractivity contribution in [2.45, 2.75) is 11.7 Å². The third-order valence-corrected chi connectivity index (χ3v) is 4.66. The van der Waals surface area contributed by atoms with Crippen molar-refractivity contribution in [2.75, 3.05) is 0 Å². The van der Waals surface area contributed by atoms with Gasteiger partial charge in [-0.15, -0.1) is 0 Å². The number of benzene rings is 3. The summed E-state index contributed by atoms with van der Waals surface area (Å²) in [4.78, 5) is 0. The van der Waals surface area contributed by atoms with Gasteiger partial charge in [-0.05, 0) is 27.8 Å². The van der Waals surface area contributed by atoms with E-state index >= 15 is 0 Å². The minimum atomic E-state index is -0.269. The molecule has 0 aromatic heterocycles. The molecule has 1 unspecified atom stereocenters. The molecule has 0 amide bonds. The average molecular weight is 270 g/mol. The lowest BCUT2D eigenvalue weighted by molar-refractivity contribution is 0.333. The van der Waals surface area contributed by atoms with Gasteiger partial charge in [0.15, 0.2) is 5.60 Å². The highest BCUT2D eigenvalue weighted by Crippen LogP contribution is 2.67. The van der Waals surface area contributed by atoms with Gasteiger partial charge in [0.2, 0.25) is 0 Å². The first-order valence-electron chi connectivity index (χ1n) is 7.33. The highest BCUT2D eigenvalue weighted by molar-refractivity contribution is 5.82. The van der Waals surface area contributed by atoms with Crippen LogP contribution in [0.25, 0.3) is 11.1 Å². The summed E-state index contributed by atoms with van der Waals surface area (Å²) in [5.41, 5.74) is 6.22. The Morgan fingerprint density at radius 3 is 1.76 bits per heavy atom. The van der Waals surface area contributed by atoms with Gasteiger partial charge in [-0.25, -0.2) is 0 Å². The maximum atomic E-state index is 6.30. The van der Waals surface area contributed by atoms with Gasteiger partial charge in [0.1, 0.15) is 6.10 Å². The van der Waals surface area contributed by atoms with Crippen LogP contribution in [0, 0.1) is 0 Å². The summed E-state index contributed by atoms with van der Waals surface area (Å²) >= 11 is 0. The molecule has 0 bridgehead atoms. The number of epoxide rings is 1. The highest BCUT2D eigenvalue weighted by atomic mass is 16.6. The number of hydrogen-bond acceptors (Lipinski definition) is 1. The van der Waals surface area contributed by atoms with Crippen molar-refractivity contribution >= 4 is 0 Å².